The predicted octanol–water partition coefficient (Wildman–Crippen LogP) is 13.3. The van der Waals surface area contributed by atoms with Gasteiger partial charge in [0, 0.05) is 44.8 Å². The molecule has 8 bridgehead atoms. The van der Waals surface area contributed by atoms with E-state index in [-0.39, 0.29) is 21.7 Å². The highest BCUT2D eigenvalue weighted by atomic mass is 16.5. The van der Waals surface area contributed by atoms with Crippen LogP contribution < -0.4 is 0 Å². The number of nitrogens with one attached hydrogen (secondary N) is 2. The highest BCUT2D eigenvalue weighted by Crippen LogP contribution is 2.40. The maximum absolute atomic E-state index is 12.4. The highest BCUT2D eigenvalue weighted by molar-refractivity contribution is 5.99. The van der Waals surface area contributed by atoms with E-state index in [4.69, 9.17) is 14.7 Å². The van der Waals surface area contributed by atoms with E-state index >= 15 is 0 Å². The van der Waals surface area contributed by atoms with E-state index in [0.29, 0.717) is 0 Å². The van der Waals surface area contributed by atoms with Gasteiger partial charge in [0.25, 0.3) is 0 Å². The number of carbonyl (C=O) groups is 1. The average molecular weight is 771 g/mol. The quantitative estimate of drug-likeness (QED) is 0.138. The number of hydrogen-bond donors (Lipinski definition) is 2. The maximum atomic E-state index is 12.4. The maximum Gasteiger partial charge on any atom is 0.330 e. The molecule has 6 nitrogen and oxygen atoms in total. The van der Waals surface area contributed by atoms with Crippen molar-refractivity contribution in [1.82, 2.24) is 19.9 Å². The van der Waals surface area contributed by atoms with Gasteiger partial charge in [-0.3, -0.25) is 0 Å². The molecule has 0 saturated heterocycles. The number of carbonyl (C=O) groups excluding carboxylic acids is 1. The van der Waals surface area contributed by atoms with E-state index in [2.05, 4.69) is 184 Å². The van der Waals surface area contributed by atoms with Crippen LogP contribution >= 0.6 is 0 Å². The largest absolute Gasteiger partial charge is 0.466 e. The minimum absolute atomic E-state index is 0.0548. The first-order valence-corrected chi connectivity index (χ1v) is 20.3. The summed E-state index contributed by atoms with van der Waals surface area (Å²) in [5, 5.41) is 0. The summed E-state index contributed by atoms with van der Waals surface area (Å²) < 4.78 is 5.00. The first-order valence-electron chi connectivity index (χ1n) is 20.3. The molecule has 0 aliphatic carbocycles. The zero-order valence-electron chi connectivity index (χ0n) is 36.5. The summed E-state index contributed by atoms with van der Waals surface area (Å²) in [7, 11) is 1.39. The van der Waals surface area contributed by atoms with E-state index in [1.54, 1.807) is 6.08 Å². The first kappa shape index (κ1) is 40.4. The monoisotopic (exact) mass is 770 g/mol. The van der Waals surface area contributed by atoms with Gasteiger partial charge in [-0.1, -0.05) is 119 Å². The molecule has 0 fully saturated rings. The van der Waals surface area contributed by atoms with Crippen LogP contribution in [0.5, 0.6) is 0 Å². The van der Waals surface area contributed by atoms with E-state index in [9.17, 15) is 4.79 Å². The van der Waals surface area contributed by atoms with Gasteiger partial charge in [-0.05, 0) is 116 Å². The smallest absolute Gasteiger partial charge is 0.330 e. The van der Waals surface area contributed by atoms with Gasteiger partial charge in [0.1, 0.15) is 0 Å². The van der Waals surface area contributed by atoms with Crippen molar-refractivity contribution in [3.8, 4) is 22.3 Å². The van der Waals surface area contributed by atoms with Gasteiger partial charge < -0.3 is 14.7 Å². The van der Waals surface area contributed by atoms with Crippen LogP contribution in [0, 0.1) is 0 Å². The molecule has 6 heteroatoms. The minimum atomic E-state index is -0.427. The Balaban J connectivity index is 1.60. The highest BCUT2D eigenvalue weighted by Gasteiger charge is 2.25. The normalized spacial score (nSPS) is 13.6. The molecule has 2 aromatic carbocycles. The zero-order valence-corrected chi connectivity index (χ0v) is 36.5. The van der Waals surface area contributed by atoms with Gasteiger partial charge in [-0.15, -0.1) is 0 Å². The molecule has 7 rings (SSSR count). The zero-order chi connectivity index (χ0) is 41.9. The molecule has 0 unspecified atom stereocenters. The van der Waals surface area contributed by atoms with Crippen molar-refractivity contribution >= 4 is 51.8 Å². The topological polar surface area (TPSA) is 83.7 Å². The fourth-order valence-electron chi connectivity index (χ4n) is 7.40. The van der Waals surface area contributed by atoms with Crippen molar-refractivity contribution in [3.63, 3.8) is 0 Å². The van der Waals surface area contributed by atoms with Gasteiger partial charge in [0.15, 0.2) is 0 Å². The predicted molar refractivity (Wildman–Crippen MR) is 245 cm³/mol. The van der Waals surface area contributed by atoms with Crippen LogP contribution in [0.25, 0.3) is 68.1 Å². The number of nitrogens with zero attached hydrogens (tertiary/aromatic N) is 2. The lowest BCUT2D eigenvalue weighted by atomic mass is 9.78. The molecule has 3 aromatic heterocycles. The second kappa shape index (κ2) is 14.6. The number of rotatable bonds is 4. The molecule has 0 saturated carbocycles. The molecule has 0 atom stereocenters. The van der Waals surface area contributed by atoms with Gasteiger partial charge in [-0.25, -0.2) is 14.8 Å². The molecule has 2 N–H and O–H groups in total. The summed E-state index contributed by atoms with van der Waals surface area (Å²) in [4.78, 5) is 30.5. The Bertz CT molecular complexity index is 2640. The summed E-state index contributed by atoms with van der Waals surface area (Å²) in [6.07, 6.45) is 9.54. The Morgan fingerprint density at radius 1 is 0.569 bits per heavy atom. The van der Waals surface area contributed by atoms with Crippen molar-refractivity contribution in [2.24, 2.45) is 0 Å². The molecule has 0 spiro atoms. The molecule has 0 radical (unpaired) electrons. The molecule has 5 aromatic rings. The van der Waals surface area contributed by atoms with Crippen molar-refractivity contribution in [2.45, 2.75) is 105 Å². The van der Waals surface area contributed by atoms with Crippen molar-refractivity contribution in [1.29, 1.82) is 0 Å². The SMILES string of the molecule is COC(=O)/C=C/C1=Cc2nc1cc1ccc([nH]1)c(-c1cc(C(C)(C)C)cc(C(C)(C)C)c1)c1nc(cc3ccc([nH]3)c2-c2cc(C(C)(C)C)cc(C(C)(C)C)c2)C=C1. The average Bonchev–Trinajstić information content (AvgIpc) is 3.95. The lowest BCUT2D eigenvalue weighted by Crippen LogP contribution is -2.16. The van der Waals surface area contributed by atoms with E-state index in [0.717, 1.165) is 72.7 Å². The van der Waals surface area contributed by atoms with Crippen LogP contribution in [-0.4, -0.2) is 33.0 Å². The number of fused-ring (bicyclic) bond motifs is 8. The molecule has 58 heavy (non-hydrogen) atoms. The third-order valence-electron chi connectivity index (χ3n) is 11.1. The van der Waals surface area contributed by atoms with Gasteiger partial charge in [-0.2, -0.15) is 0 Å². The van der Waals surface area contributed by atoms with Gasteiger partial charge >= 0.3 is 5.97 Å². The second-order valence-corrected chi connectivity index (χ2v) is 19.9. The number of esters is 1. The Hall–Kier alpha value is -5.75. The molecule has 298 valence electrons. The van der Waals surface area contributed by atoms with Crippen LogP contribution in [0.4, 0.5) is 0 Å². The number of allylic oxidation sites excluding steroid dienone is 2. The van der Waals surface area contributed by atoms with Crippen molar-refractivity contribution in [2.75, 3.05) is 7.11 Å². The minimum Gasteiger partial charge on any atom is -0.466 e. The summed E-state index contributed by atoms with van der Waals surface area (Å²) in [5.74, 6) is -0.427. The number of H-pyrrole nitrogens is 2. The number of aromatic nitrogens is 4. The molecular formula is C52H58N4O2. The fourth-order valence-corrected chi connectivity index (χ4v) is 7.40. The van der Waals surface area contributed by atoms with Crippen LogP contribution in [0.2, 0.25) is 0 Å². The summed E-state index contributed by atoms with van der Waals surface area (Å²) >= 11 is 0. The van der Waals surface area contributed by atoms with E-state index < -0.39 is 5.97 Å². The molecule has 0 amide bonds. The van der Waals surface area contributed by atoms with Crippen LogP contribution in [0.3, 0.4) is 0 Å². The summed E-state index contributed by atoms with van der Waals surface area (Å²) in [5.41, 5.74) is 16.8. The number of ether oxygens (including phenoxy) is 1. The fraction of sp³-hybridized carbons (Fsp3) is 0.327. The molecule has 2 aliphatic heterocycles. The van der Waals surface area contributed by atoms with Crippen molar-refractivity contribution in [3.05, 3.63) is 130 Å². The number of methoxy groups -OCH3 is 1. The Morgan fingerprint density at radius 2 is 1.03 bits per heavy atom. The van der Waals surface area contributed by atoms with Crippen LogP contribution in [-0.2, 0) is 31.2 Å². The lowest BCUT2D eigenvalue weighted by Gasteiger charge is -2.26. The summed E-state index contributed by atoms with van der Waals surface area (Å²) in [6.45, 7) is 27.1. The Kier molecular flexibility index (Phi) is 10.2. The van der Waals surface area contributed by atoms with Gasteiger partial charge in [0.05, 0.1) is 29.9 Å². The third-order valence-corrected chi connectivity index (χ3v) is 11.1. The van der Waals surface area contributed by atoms with Gasteiger partial charge in [0.2, 0.25) is 0 Å². The summed E-state index contributed by atoms with van der Waals surface area (Å²) in [6, 6.07) is 26.6. The first-order chi connectivity index (χ1) is 27.1. The van der Waals surface area contributed by atoms with E-state index in [1.165, 1.54) is 35.4 Å². The molecule has 5 heterocycles. The standard InChI is InChI=1S/C52H58N4O2/c1-49(2,3)34-22-32(23-35(27-34)50(4,5)6)47-41-18-15-38(53-41)29-39-16-19-43(54-39)48(33-24-36(51(7,8)9)28-37(25-33)52(10,11)12)45-26-31(14-21-46(57)58-13)44(56-45)30-40-17-20-42(47)55-40/h14-30,54-55H,1-13H3/b21-14+,38-29?,39-29?,40-30?,44-30?,47-41?,47-42?,48-43?,48-45?. The Labute approximate surface area is 344 Å². The second-order valence-electron chi connectivity index (χ2n) is 19.9. The number of hydrogen-bond acceptors (Lipinski definition) is 4. The number of benzene rings is 2. The molecule has 2 aliphatic rings. The Morgan fingerprint density at radius 3 is 1.50 bits per heavy atom. The third kappa shape index (κ3) is 8.43. The van der Waals surface area contributed by atoms with Crippen LogP contribution in [0.1, 0.15) is 128 Å². The van der Waals surface area contributed by atoms with Crippen LogP contribution in [0.15, 0.2) is 84.9 Å². The molecular weight excluding hydrogens is 713 g/mol. The number of aromatic amines is 2. The van der Waals surface area contributed by atoms with E-state index in [1.807, 2.05) is 0 Å². The lowest BCUT2D eigenvalue weighted by molar-refractivity contribution is -0.134. The van der Waals surface area contributed by atoms with Crippen molar-refractivity contribution < 1.29 is 9.53 Å².